The Morgan fingerprint density at radius 1 is 1.10 bits per heavy atom. The van der Waals surface area contributed by atoms with Crippen molar-refractivity contribution in [1.82, 2.24) is 0 Å². The van der Waals surface area contributed by atoms with Gasteiger partial charge in [-0.15, -0.1) is 0 Å². The molecule has 3 heteroatoms. The smallest absolute Gasteiger partial charge is 0.123 e. The maximum atomic E-state index is 10.1. The molecule has 2 aromatic carbocycles. The van der Waals surface area contributed by atoms with E-state index in [1.54, 1.807) is 26.2 Å². The Balaban J connectivity index is 2.49. The van der Waals surface area contributed by atoms with Gasteiger partial charge in [0.25, 0.3) is 0 Å². The molecule has 0 saturated carbocycles. The first-order valence-electron chi connectivity index (χ1n) is 6.39. The summed E-state index contributed by atoms with van der Waals surface area (Å²) in [5, 5.41) is 19.9. The topological polar surface area (TPSA) is 49.7 Å². The van der Waals surface area contributed by atoms with Crippen LogP contribution >= 0.6 is 0 Å². The standard InChI is InChI=1S/C17H18O3/c1-12-8-17(19)15(10-16(12)18)14(11-20-2)9-13-6-4-3-5-7-13/h3-10,18-19H,11H2,1-2H3/b14-9+. The van der Waals surface area contributed by atoms with Gasteiger partial charge >= 0.3 is 0 Å². The Morgan fingerprint density at radius 2 is 1.80 bits per heavy atom. The van der Waals surface area contributed by atoms with Crippen molar-refractivity contribution in [3.63, 3.8) is 0 Å². The van der Waals surface area contributed by atoms with Crippen LogP contribution < -0.4 is 0 Å². The van der Waals surface area contributed by atoms with Gasteiger partial charge in [0.05, 0.1) is 6.61 Å². The second kappa shape index (κ2) is 6.26. The van der Waals surface area contributed by atoms with Crippen LogP contribution in [0.15, 0.2) is 42.5 Å². The Hall–Kier alpha value is -2.26. The lowest BCUT2D eigenvalue weighted by molar-refractivity contribution is 0.240. The summed E-state index contributed by atoms with van der Waals surface area (Å²) in [6.07, 6.45) is 1.94. The van der Waals surface area contributed by atoms with Gasteiger partial charge in [0.15, 0.2) is 0 Å². The molecule has 0 spiro atoms. The van der Waals surface area contributed by atoms with Gasteiger partial charge in [-0.1, -0.05) is 30.3 Å². The van der Waals surface area contributed by atoms with Crippen molar-refractivity contribution in [2.75, 3.05) is 13.7 Å². The van der Waals surface area contributed by atoms with E-state index in [0.717, 1.165) is 11.1 Å². The van der Waals surface area contributed by atoms with Crippen LogP contribution in [-0.4, -0.2) is 23.9 Å². The third kappa shape index (κ3) is 3.19. The fraction of sp³-hybridized carbons (Fsp3) is 0.176. The summed E-state index contributed by atoms with van der Waals surface area (Å²) in [5.41, 5.74) is 3.05. The van der Waals surface area contributed by atoms with Crippen LogP contribution in [0.1, 0.15) is 16.7 Å². The SMILES string of the molecule is COC/C(=C\c1ccccc1)c1cc(O)c(C)cc1O. The number of aryl methyl sites for hydroxylation is 1. The molecule has 2 aromatic rings. The molecule has 20 heavy (non-hydrogen) atoms. The molecule has 0 atom stereocenters. The van der Waals surface area contributed by atoms with Gasteiger partial charge in [0.1, 0.15) is 11.5 Å². The number of ether oxygens (including phenoxy) is 1. The molecule has 0 amide bonds. The second-order valence-corrected chi connectivity index (χ2v) is 4.67. The van der Waals surface area contributed by atoms with Crippen LogP contribution in [0, 0.1) is 6.92 Å². The Bertz CT molecular complexity index is 616. The maximum absolute atomic E-state index is 10.1. The summed E-state index contributed by atoms with van der Waals surface area (Å²) >= 11 is 0. The summed E-state index contributed by atoms with van der Waals surface area (Å²) in [6.45, 7) is 2.10. The number of aromatic hydroxyl groups is 2. The molecule has 104 valence electrons. The van der Waals surface area contributed by atoms with E-state index in [1.807, 2.05) is 36.4 Å². The molecule has 0 aromatic heterocycles. The molecule has 2 N–H and O–H groups in total. The van der Waals surface area contributed by atoms with E-state index in [4.69, 9.17) is 4.74 Å². The summed E-state index contributed by atoms with van der Waals surface area (Å²) in [4.78, 5) is 0. The van der Waals surface area contributed by atoms with E-state index in [0.29, 0.717) is 17.7 Å². The lowest BCUT2D eigenvalue weighted by atomic mass is 10.0. The highest BCUT2D eigenvalue weighted by atomic mass is 16.5. The molecule has 0 aliphatic rings. The lowest BCUT2D eigenvalue weighted by Gasteiger charge is -2.11. The fourth-order valence-electron chi connectivity index (χ4n) is 2.04. The van der Waals surface area contributed by atoms with Gasteiger partial charge in [0, 0.05) is 12.7 Å². The number of hydrogen-bond donors (Lipinski definition) is 2. The highest BCUT2D eigenvalue weighted by Crippen LogP contribution is 2.32. The molecule has 0 radical (unpaired) electrons. The van der Waals surface area contributed by atoms with E-state index < -0.39 is 0 Å². The van der Waals surface area contributed by atoms with E-state index in [2.05, 4.69) is 0 Å². The van der Waals surface area contributed by atoms with Crippen molar-refractivity contribution in [1.29, 1.82) is 0 Å². The Labute approximate surface area is 118 Å². The normalized spacial score (nSPS) is 11.6. The van der Waals surface area contributed by atoms with Crippen LogP contribution in [0.25, 0.3) is 11.6 Å². The zero-order valence-electron chi connectivity index (χ0n) is 11.6. The minimum atomic E-state index is 0.138. The monoisotopic (exact) mass is 270 g/mol. The summed E-state index contributed by atoms with van der Waals surface area (Å²) < 4.78 is 5.19. The van der Waals surface area contributed by atoms with Crippen molar-refractivity contribution in [3.8, 4) is 11.5 Å². The van der Waals surface area contributed by atoms with Crippen molar-refractivity contribution >= 4 is 11.6 Å². The lowest BCUT2D eigenvalue weighted by Crippen LogP contribution is -1.95. The van der Waals surface area contributed by atoms with Gasteiger partial charge in [-0.25, -0.2) is 0 Å². The van der Waals surface area contributed by atoms with Crippen molar-refractivity contribution in [3.05, 3.63) is 59.2 Å². The maximum Gasteiger partial charge on any atom is 0.123 e. The summed E-state index contributed by atoms with van der Waals surface area (Å²) in [5.74, 6) is 0.299. The van der Waals surface area contributed by atoms with Gasteiger partial charge in [-0.05, 0) is 41.8 Å². The van der Waals surface area contributed by atoms with Crippen LogP contribution in [0.5, 0.6) is 11.5 Å². The molecule has 0 bridgehead atoms. The highest BCUT2D eigenvalue weighted by Gasteiger charge is 2.11. The second-order valence-electron chi connectivity index (χ2n) is 4.67. The quantitative estimate of drug-likeness (QED) is 0.659. The molecule has 3 nitrogen and oxygen atoms in total. The average molecular weight is 270 g/mol. The Morgan fingerprint density at radius 3 is 2.45 bits per heavy atom. The van der Waals surface area contributed by atoms with E-state index >= 15 is 0 Å². The molecule has 0 aliphatic heterocycles. The van der Waals surface area contributed by atoms with Crippen LogP contribution in [0.2, 0.25) is 0 Å². The molecule has 0 aliphatic carbocycles. The minimum absolute atomic E-state index is 0.138. The summed E-state index contributed by atoms with van der Waals surface area (Å²) in [6, 6.07) is 12.9. The average Bonchev–Trinajstić information content (AvgIpc) is 2.44. The zero-order chi connectivity index (χ0) is 14.5. The van der Waals surface area contributed by atoms with Crippen LogP contribution in [0.3, 0.4) is 0 Å². The number of benzene rings is 2. The third-order valence-electron chi connectivity index (χ3n) is 3.10. The van der Waals surface area contributed by atoms with Gasteiger partial charge in [0.2, 0.25) is 0 Å². The largest absolute Gasteiger partial charge is 0.508 e. The molecular weight excluding hydrogens is 252 g/mol. The molecule has 0 heterocycles. The predicted octanol–water partition coefficient (Wildman–Crippen LogP) is 3.59. The number of methoxy groups -OCH3 is 1. The highest BCUT2D eigenvalue weighted by molar-refractivity contribution is 5.85. The van der Waals surface area contributed by atoms with Gasteiger partial charge in [-0.2, -0.15) is 0 Å². The number of hydrogen-bond acceptors (Lipinski definition) is 3. The first-order chi connectivity index (χ1) is 9.61. The van der Waals surface area contributed by atoms with Crippen molar-refractivity contribution in [2.24, 2.45) is 0 Å². The number of rotatable bonds is 4. The third-order valence-corrected chi connectivity index (χ3v) is 3.10. The molecule has 2 rings (SSSR count). The van der Waals surface area contributed by atoms with Gasteiger partial charge in [-0.3, -0.25) is 0 Å². The molecule has 0 unspecified atom stereocenters. The predicted molar refractivity (Wildman–Crippen MR) is 80.7 cm³/mol. The molecule has 0 fully saturated rings. The van der Waals surface area contributed by atoms with Crippen molar-refractivity contribution < 1.29 is 14.9 Å². The van der Waals surface area contributed by atoms with Crippen molar-refractivity contribution in [2.45, 2.75) is 6.92 Å². The van der Waals surface area contributed by atoms with Gasteiger partial charge < -0.3 is 14.9 Å². The summed E-state index contributed by atoms with van der Waals surface area (Å²) in [7, 11) is 1.60. The minimum Gasteiger partial charge on any atom is -0.508 e. The van der Waals surface area contributed by atoms with Crippen LogP contribution in [0.4, 0.5) is 0 Å². The number of phenols is 2. The zero-order valence-corrected chi connectivity index (χ0v) is 11.6. The first kappa shape index (κ1) is 14.2. The van der Waals surface area contributed by atoms with E-state index in [9.17, 15) is 10.2 Å². The first-order valence-corrected chi connectivity index (χ1v) is 6.39. The number of phenolic OH excluding ortho intramolecular Hbond substituents is 2. The van der Waals surface area contributed by atoms with E-state index in [1.165, 1.54) is 0 Å². The fourth-order valence-corrected chi connectivity index (χ4v) is 2.04. The van der Waals surface area contributed by atoms with Crippen LogP contribution in [-0.2, 0) is 4.74 Å². The molecular formula is C17H18O3. The Kier molecular flexibility index (Phi) is 4.43. The molecule has 0 saturated heterocycles. The van der Waals surface area contributed by atoms with E-state index in [-0.39, 0.29) is 11.5 Å².